The molecule has 0 spiro atoms. The third kappa shape index (κ3) is 8.31. The molecule has 0 aliphatic rings. The number of unbranched alkanes of at least 4 members (excludes halogenated alkanes) is 3. The molecule has 0 rings (SSSR count). The Balaban J connectivity index is 3.17. The Labute approximate surface area is 90.0 Å². The Morgan fingerprint density at radius 1 is 1.21 bits per heavy atom. The lowest BCUT2D eigenvalue weighted by Crippen LogP contribution is -2.29. The lowest BCUT2D eigenvalue weighted by Gasteiger charge is -2.22. The summed E-state index contributed by atoms with van der Waals surface area (Å²) < 4.78 is 0. The monoisotopic (exact) mass is 197 g/mol. The second-order valence-electron chi connectivity index (χ2n) is 4.83. The number of hydrogen-bond donors (Lipinski definition) is 1. The van der Waals surface area contributed by atoms with Crippen molar-refractivity contribution < 1.29 is 0 Å². The molecule has 0 aromatic carbocycles. The van der Waals surface area contributed by atoms with E-state index in [-0.39, 0.29) is 0 Å². The fourth-order valence-corrected chi connectivity index (χ4v) is 1.27. The fraction of sp³-hybridized carbons (Fsp3) is 0.846. The first-order chi connectivity index (χ1) is 6.62. The van der Waals surface area contributed by atoms with Gasteiger partial charge in [0.1, 0.15) is 0 Å². The maximum Gasteiger partial charge on any atom is 0.000241 e. The summed E-state index contributed by atoms with van der Waals surface area (Å²) in [7, 11) is 0. The highest BCUT2D eigenvalue weighted by Gasteiger charge is 2.13. The van der Waals surface area contributed by atoms with E-state index < -0.39 is 0 Å². The molecule has 0 atom stereocenters. The SMILES string of the molecule is C=CCCCCCNCC(C)(C)CC. The predicted octanol–water partition coefficient (Wildman–Crippen LogP) is 3.76. The first kappa shape index (κ1) is 13.7. The molecule has 0 heterocycles. The predicted molar refractivity (Wildman–Crippen MR) is 65.6 cm³/mol. The van der Waals surface area contributed by atoms with Crippen molar-refractivity contribution >= 4 is 0 Å². The third-order valence-corrected chi connectivity index (χ3v) is 2.82. The zero-order valence-electron chi connectivity index (χ0n) is 10.2. The molecule has 0 bridgehead atoms. The molecule has 14 heavy (non-hydrogen) atoms. The van der Waals surface area contributed by atoms with Crippen molar-refractivity contribution in [3.63, 3.8) is 0 Å². The van der Waals surface area contributed by atoms with Crippen LogP contribution in [0.5, 0.6) is 0 Å². The zero-order valence-corrected chi connectivity index (χ0v) is 10.2. The quantitative estimate of drug-likeness (QED) is 0.438. The van der Waals surface area contributed by atoms with Crippen molar-refractivity contribution in [3.05, 3.63) is 12.7 Å². The minimum Gasteiger partial charge on any atom is -0.316 e. The van der Waals surface area contributed by atoms with Gasteiger partial charge < -0.3 is 5.32 Å². The minimum atomic E-state index is 0.459. The molecule has 0 aliphatic heterocycles. The molecule has 0 amide bonds. The molecule has 0 unspecified atom stereocenters. The Morgan fingerprint density at radius 3 is 2.50 bits per heavy atom. The molecule has 1 nitrogen and oxygen atoms in total. The van der Waals surface area contributed by atoms with Crippen LogP contribution < -0.4 is 5.32 Å². The molecule has 1 heteroatoms. The van der Waals surface area contributed by atoms with Crippen LogP contribution in [-0.2, 0) is 0 Å². The first-order valence-corrected chi connectivity index (χ1v) is 5.94. The van der Waals surface area contributed by atoms with E-state index in [1.54, 1.807) is 0 Å². The van der Waals surface area contributed by atoms with Crippen molar-refractivity contribution in [2.24, 2.45) is 5.41 Å². The Kier molecular flexibility index (Phi) is 7.87. The van der Waals surface area contributed by atoms with E-state index in [2.05, 4.69) is 32.7 Å². The molecule has 0 aromatic rings. The van der Waals surface area contributed by atoms with Crippen molar-refractivity contribution in [2.75, 3.05) is 13.1 Å². The van der Waals surface area contributed by atoms with Crippen molar-refractivity contribution in [2.45, 2.75) is 52.9 Å². The van der Waals surface area contributed by atoms with Gasteiger partial charge in [0.15, 0.2) is 0 Å². The summed E-state index contributed by atoms with van der Waals surface area (Å²) in [5.74, 6) is 0. The first-order valence-electron chi connectivity index (χ1n) is 5.94. The molecule has 0 aromatic heterocycles. The van der Waals surface area contributed by atoms with Gasteiger partial charge in [0, 0.05) is 6.54 Å². The highest BCUT2D eigenvalue weighted by atomic mass is 14.9. The van der Waals surface area contributed by atoms with Crippen LogP contribution in [0.3, 0.4) is 0 Å². The lowest BCUT2D eigenvalue weighted by molar-refractivity contribution is 0.327. The maximum absolute atomic E-state index is 3.72. The molecular formula is C13H27N. The van der Waals surface area contributed by atoms with E-state index in [4.69, 9.17) is 0 Å². The average molecular weight is 197 g/mol. The van der Waals surface area contributed by atoms with Gasteiger partial charge in [-0.05, 0) is 37.6 Å². The van der Waals surface area contributed by atoms with Crippen LogP contribution in [-0.4, -0.2) is 13.1 Å². The van der Waals surface area contributed by atoms with Gasteiger partial charge in [-0.1, -0.05) is 33.3 Å². The van der Waals surface area contributed by atoms with Gasteiger partial charge >= 0.3 is 0 Å². The van der Waals surface area contributed by atoms with E-state index in [0.717, 1.165) is 6.54 Å². The summed E-state index contributed by atoms with van der Waals surface area (Å²) in [5.41, 5.74) is 0.459. The molecule has 0 saturated heterocycles. The summed E-state index contributed by atoms with van der Waals surface area (Å²) >= 11 is 0. The summed E-state index contributed by atoms with van der Waals surface area (Å²) in [4.78, 5) is 0. The molecule has 0 saturated carbocycles. The topological polar surface area (TPSA) is 12.0 Å². The normalized spacial score (nSPS) is 11.6. The molecular weight excluding hydrogens is 170 g/mol. The fourth-order valence-electron chi connectivity index (χ4n) is 1.27. The van der Waals surface area contributed by atoms with Crippen molar-refractivity contribution in [1.82, 2.24) is 5.32 Å². The Hall–Kier alpha value is -0.300. The van der Waals surface area contributed by atoms with Gasteiger partial charge in [-0.15, -0.1) is 6.58 Å². The summed E-state index contributed by atoms with van der Waals surface area (Å²) in [5, 5.41) is 3.53. The number of hydrogen-bond acceptors (Lipinski definition) is 1. The average Bonchev–Trinajstić information content (AvgIpc) is 2.16. The highest BCUT2D eigenvalue weighted by Crippen LogP contribution is 2.17. The van der Waals surface area contributed by atoms with E-state index in [9.17, 15) is 0 Å². The third-order valence-electron chi connectivity index (χ3n) is 2.82. The second kappa shape index (κ2) is 8.05. The van der Waals surface area contributed by atoms with Gasteiger partial charge in [-0.25, -0.2) is 0 Å². The van der Waals surface area contributed by atoms with Crippen LogP contribution in [0.1, 0.15) is 52.9 Å². The minimum absolute atomic E-state index is 0.459. The Bertz CT molecular complexity index is 138. The molecule has 0 radical (unpaired) electrons. The summed E-state index contributed by atoms with van der Waals surface area (Å²) in [6.07, 6.45) is 8.34. The van der Waals surface area contributed by atoms with Gasteiger partial charge in [-0.3, -0.25) is 0 Å². The van der Waals surface area contributed by atoms with Gasteiger partial charge in [-0.2, -0.15) is 0 Å². The van der Waals surface area contributed by atoms with Crippen molar-refractivity contribution in [1.29, 1.82) is 0 Å². The number of rotatable bonds is 9. The van der Waals surface area contributed by atoms with Crippen molar-refractivity contribution in [3.8, 4) is 0 Å². The molecule has 84 valence electrons. The maximum atomic E-state index is 3.72. The summed E-state index contributed by atoms with van der Waals surface area (Å²) in [6, 6.07) is 0. The lowest BCUT2D eigenvalue weighted by atomic mass is 9.90. The van der Waals surface area contributed by atoms with Gasteiger partial charge in [0.25, 0.3) is 0 Å². The van der Waals surface area contributed by atoms with Crippen LogP contribution in [0.25, 0.3) is 0 Å². The number of nitrogens with one attached hydrogen (secondary N) is 1. The molecule has 0 aliphatic carbocycles. The standard InChI is InChI=1S/C13H27N/c1-5-7-8-9-10-11-14-12-13(3,4)6-2/h5,14H,1,6-12H2,2-4H3. The van der Waals surface area contributed by atoms with Gasteiger partial charge in [0.05, 0.1) is 0 Å². The van der Waals surface area contributed by atoms with E-state index in [1.165, 1.54) is 38.6 Å². The molecule has 0 fully saturated rings. The highest BCUT2D eigenvalue weighted by molar-refractivity contribution is 4.69. The van der Waals surface area contributed by atoms with Crippen LogP contribution >= 0.6 is 0 Å². The van der Waals surface area contributed by atoms with E-state index >= 15 is 0 Å². The van der Waals surface area contributed by atoms with Crippen LogP contribution in [0.2, 0.25) is 0 Å². The zero-order chi connectivity index (χ0) is 10.9. The second-order valence-corrected chi connectivity index (χ2v) is 4.83. The number of allylic oxidation sites excluding steroid dienone is 1. The molecule has 1 N–H and O–H groups in total. The summed E-state index contributed by atoms with van der Waals surface area (Å²) in [6.45, 7) is 12.9. The van der Waals surface area contributed by atoms with E-state index in [0.29, 0.717) is 5.41 Å². The van der Waals surface area contributed by atoms with Crippen LogP contribution in [0, 0.1) is 5.41 Å². The van der Waals surface area contributed by atoms with Crippen LogP contribution in [0.15, 0.2) is 12.7 Å². The van der Waals surface area contributed by atoms with Gasteiger partial charge in [0.2, 0.25) is 0 Å². The largest absolute Gasteiger partial charge is 0.316 e. The Morgan fingerprint density at radius 2 is 1.93 bits per heavy atom. The smallest absolute Gasteiger partial charge is 0.000241 e. The van der Waals surface area contributed by atoms with E-state index in [1.807, 2.05) is 6.08 Å². The van der Waals surface area contributed by atoms with Crippen LogP contribution in [0.4, 0.5) is 0 Å².